The quantitative estimate of drug-likeness (QED) is 0.805. The van der Waals surface area contributed by atoms with Crippen molar-refractivity contribution in [3.8, 4) is 0 Å². The summed E-state index contributed by atoms with van der Waals surface area (Å²) in [5.41, 5.74) is 8.05. The third-order valence-electron chi connectivity index (χ3n) is 3.61. The first-order valence-corrected chi connectivity index (χ1v) is 6.41. The van der Waals surface area contributed by atoms with Crippen molar-refractivity contribution in [2.24, 2.45) is 0 Å². The SMILES string of the molecule is CC(CN1CCN(C)CC1)c1cccc(N)c1. The molecule has 1 atom stereocenters. The maximum absolute atomic E-state index is 5.83. The molecule has 0 saturated carbocycles. The van der Waals surface area contributed by atoms with Crippen molar-refractivity contribution < 1.29 is 0 Å². The normalized spacial score (nSPS) is 20.4. The van der Waals surface area contributed by atoms with Crippen LogP contribution in [-0.2, 0) is 0 Å². The van der Waals surface area contributed by atoms with Gasteiger partial charge in [-0.25, -0.2) is 0 Å². The van der Waals surface area contributed by atoms with Gasteiger partial charge in [0.15, 0.2) is 0 Å². The second-order valence-electron chi connectivity index (χ2n) is 5.18. The molecule has 1 heterocycles. The number of likely N-dealkylation sites (N-methyl/N-ethyl adjacent to an activating group) is 1. The molecule has 3 heteroatoms. The average Bonchev–Trinajstić information content (AvgIpc) is 2.32. The van der Waals surface area contributed by atoms with E-state index >= 15 is 0 Å². The highest BCUT2D eigenvalue weighted by Gasteiger charge is 2.16. The summed E-state index contributed by atoms with van der Waals surface area (Å²) in [6, 6.07) is 8.27. The number of benzene rings is 1. The summed E-state index contributed by atoms with van der Waals surface area (Å²) in [4.78, 5) is 4.94. The molecule has 1 aromatic carbocycles. The second kappa shape index (κ2) is 5.52. The van der Waals surface area contributed by atoms with E-state index in [1.54, 1.807) is 0 Å². The number of hydrogen-bond donors (Lipinski definition) is 1. The van der Waals surface area contributed by atoms with Gasteiger partial charge in [0.2, 0.25) is 0 Å². The molecule has 0 aromatic heterocycles. The minimum atomic E-state index is 0.557. The van der Waals surface area contributed by atoms with E-state index in [2.05, 4.69) is 35.9 Å². The van der Waals surface area contributed by atoms with Crippen LogP contribution in [0.3, 0.4) is 0 Å². The Labute approximate surface area is 104 Å². The van der Waals surface area contributed by atoms with Crippen LogP contribution in [-0.4, -0.2) is 49.6 Å². The van der Waals surface area contributed by atoms with Gasteiger partial charge in [-0.15, -0.1) is 0 Å². The lowest BCUT2D eigenvalue weighted by molar-refractivity contribution is 0.149. The van der Waals surface area contributed by atoms with Crippen LogP contribution in [0.1, 0.15) is 18.4 Å². The first kappa shape index (κ1) is 12.4. The molecule has 2 rings (SSSR count). The summed E-state index contributed by atoms with van der Waals surface area (Å²) < 4.78 is 0. The summed E-state index contributed by atoms with van der Waals surface area (Å²) in [5.74, 6) is 0.557. The summed E-state index contributed by atoms with van der Waals surface area (Å²) in [6.07, 6.45) is 0. The van der Waals surface area contributed by atoms with E-state index in [9.17, 15) is 0 Å². The molecule has 3 nitrogen and oxygen atoms in total. The van der Waals surface area contributed by atoms with Crippen molar-refractivity contribution >= 4 is 5.69 Å². The number of hydrogen-bond acceptors (Lipinski definition) is 3. The van der Waals surface area contributed by atoms with Gasteiger partial charge in [-0.2, -0.15) is 0 Å². The van der Waals surface area contributed by atoms with Gasteiger partial charge in [-0.05, 0) is 30.7 Å². The van der Waals surface area contributed by atoms with Gasteiger partial charge in [-0.1, -0.05) is 19.1 Å². The van der Waals surface area contributed by atoms with Crippen LogP contribution in [0.25, 0.3) is 0 Å². The highest BCUT2D eigenvalue weighted by Crippen LogP contribution is 2.19. The Morgan fingerprint density at radius 2 is 1.94 bits per heavy atom. The van der Waals surface area contributed by atoms with Gasteiger partial charge < -0.3 is 15.5 Å². The van der Waals surface area contributed by atoms with Crippen molar-refractivity contribution in [1.82, 2.24) is 9.80 Å². The largest absolute Gasteiger partial charge is 0.399 e. The van der Waals surface area contributed by atoms with Crippen LogP contribution in [0.2, 0.25) is 0 Å². The molecule has 0 aliphatic carbocycles. The van der Waals surface area contributed by atoms with E-state index in [4.69, 9.17) is 5.73 Å². The molecule has 0 bridgehead atoms. The Morgan fingerprint density at radius 3 is 2.59 bits per heavy atom. The summed E-state index contributed by atoms with van der Waals surface area (Å²) >= 11 is 0. The number of anilines is 1. The molecule has 0 amide bonds. The van der Waals surface area contributed by atoms with Crippen molar-refractivity contribution in [2.75, 3.05) is 45.5 Å². The molecule has 1 fully saturated rings. The Bertz CT molecular complexity index is 356. The van der Waals surface area contributed by atoms with E-state index in [-0.39, 0.29) is 0 Å². The summed E-state index contributed by atoms with van der Waals surface area (Å²) in [6.45, 7) is 8.16. The lowest BCUT2D eigenvalue weighted by Crippen LogP contribution is -2.45. The van der Waals surface area contributed by atoms with Crippen molar-refractivity contribution in [3.63, 3.8) is 0 Å². The van der Waals surface area contributed by atoms with E-state index in [0.717, 1.165) is 12.2 Å². The second-order valence-corrected chi connectivity index (χ2v) is 5.18. The van der Waals surface area contributed by atoms with Crippen LogP contribution in [0.4, 0.5) is 5.69 Å². The van der Waals surface area contributed by atoms with Gasteiger partial charge in [0.25, 0.3) is 0 Å². The fraction of sp³-hybridized carbons (Fsp3) is 0.571. The number of nitrogens with zero attached hydrogens (tertiary/aromatic N) is 2. The van der Waals surface area contributed by atoms with Crippen LogP contribution in [0, 0.1) is 0 Å². The van der Waals surface area contributed by atoms with E-state index in [1.165, 1.54) is 31.7 Å². The predicted molar refractivity (Wildman–Crippen MR) is 73.2 cm³/mol. The molecule has 1 aliphatic heterocycles. The molecule has 17 heavy (non-hydrogen) atoms. The lowest BCUT2D eigenvalue weighted by Gasteiger charge is -2.34. The van der Waals surface area contributed by atoms with Crippen LogP contribution < -0.4 is 5.73 Å². The first-order valence-electron chi connectivity index (χ1n) is 6.41. The minimum absolute atomic E-state index is 0.557. The number of rotatable bonds is 3. The Balaban J connectivity index is 1.90. The topological polar surface area (TPSA) is 32.5 Å². The third kappa shape index (κ3) is 3.45. The number of nitrogen functional groups attached to an aromatic ring is 1. The highest BCUT2D eigenvalue weighted by molar-refractivity contribution is 5.41. The average molecular weight is 233 g/mol. The Hall–Kier alpha value is -1.06. The Morgan fingerprint density at radius 1 is 1.24 bits per heavy atom. The molecule has 2 N–H and O–H groups in total. The van der Waals surface area contributed by atoms with Crippen LogP contribution >= 0.6 is 0 Å². The fourth-order valence-electron chi connectivity index (χ4n) is 2.39. The standard InChI is InChI=1S/C14H23N3/c1-12(13-4-3-5-14(15)10-13)11-17-8-6-16(2)7-9-17/h3-5,10,12H,6-9,11,15H2,1-2H3. The maximum atomic E-state index is 5.83. The van der Waals surface area contributed by atoms with Crippen LogP contribution in [0.5, 0.6) is 0 Å². The van der Waals surface area contributed by atoms with Crippen molar-refractivity contribution in [1.29, 1.82) is 0 Å². The van der Waals surface area contributed by atoms with E-state index in [0.29, 0.717) is 5.92 Å². The molecule has 1 aromatic rings. The molecule has 0 radical (unpaired) electrons. The van der Waals surface area contributed by atoms with Gasteiger partial charge in [-0.3, -0.25) is 0 Å². The van der Waals surface area contributed by atoms with Gasteiger partial charge in [0.1, 0.15) is 0 Å². The van der Waals surface area contributed by atoms with Gasteiger partial charge in [0, 0.05) is 38.4 Å². The number of nitrogens with two attached hydrogens (primary N) is 1. The molecule has 1 saturated heterocycles. The first-order chi connectivity index (χ1) is 8.15. The molecule has 94 valence electrons. The molecular formula is C14H23N3. The minimum Gasteiger partial charge on any atom is -0.399 e. The lowest BCUT2D eigenvalue weighted by atomic mass is 10.00. The van der Waals surface area contributed by atoms with E-state index < -0.39 is 0 Å². The molecule has 1 unspecified atom stereocenters. The zero-order chi connectivity index (χ0) is 12.3. The zero-order valence-corrected chi connectivity index (χ0v) is 10.9. The van der Waals surface area contributed by atoms with Crippen LogP contribution in [0.15, 0.2) is 24.3 Å². The van der Waals surface area contributed by atoms with Crippen molar-refractivity contribution in [2.45, 2.75) is 12.8 Å². The summed E-state index contributed by atoms with van der Waals surface area (Å²) in [5, 5.41) is 0. The molecular weight excluding hydrogens is 210 g/mol. The predicted octanol–water partition coefficient (Wildman–Crippen LogP) is 1.62. The van der Waals surface area contributed by atoms with Crippen molar-refractivity contribution in [3.05, 3.63) is 29.8 Å². The number of piperazine rings is 1. The highest BCUT2D eigenvalue weighted by atomic mass is 15.2. The molecule has 0 spiro atoms. The summed E-state index contributed by atoms with van der Waals surface area (Å²) in [7, 11) is 2.19. The molecule has 1 aliphatic rings. The third-order valence-corrected chi connectivity index (χ3v) is 3.61. The smallest absolute Gasteiger partial charge is 0.0316 e. The Kier molecular flexibility index (Phi) is 4.02. The fourth-order valence-corrected chi connectivity index (χ4v) is 2.39. The monoisotopic (exact) mass is 233 g/mol. The van der Waals surface area contributed by atoms with Gasteiger partial charge >= 0.3 is 0 Å². The maximum Gasteiger partial charge on any atom is 0.0316 e. The van der Waals surface area contributed by atoms with E-state index in [1.807, 2.05) is 12.1 Å². The zero-order valence-electron chi connectivity index (χ0n) is 10.9. The van der Waals surface area contributed by atoms with Gasteiger partial charge in [0.05, 0.1) is 0 Å².